The average Bonchev–Trinajstić information content (AvgIpc) is 2.49. The first-order valence-electron chi connectivity index (χ1n) is 4.69. The summed E-state index contributed by atoms with van der Waals surface area (Å²) in [4.78, 5) is 0. The van der Waals surface area contributed by atoms with Crippen molar-refractivity contribution < 1.29 is 0 Å². The van der Waals surface area contributed by atoms with Crippen LogP contribution in [0.5, 0.6) is 0 Å². The SMILES string of the molecule is C1=CC2CC1Cc1ccccc12. The molecular formula is C12H12. The molecule has 0 radical (unpaired) electrons. The Bertz CT molecular complexity index is 336. The summed E-state index contributed by atoms with van der Waals surface area (Å²) in [6.07, 6.45) is 7.40. The molecule has 2 aliphatic rings. The van der Waals surface area contributed by atoms with Crippen molar-refractivity contribution in [3.8, 4) is 0 Å². The van der Waals surface area contributed by atoms with Crippen LogP contribution >= 0.6 is 0 Å². The second kappa shape index (κ2) is 2.22. The molecule has 0 amide bonds. The molecule has 2 unspecified atom stereocenters. The smallest absolute Gasteiger partial charge is 0.00265 e. The molecule has 0 spiro atoms. The van der Waals surface area contributed by atoms with Gasteiger partial charge in [-0.05, 0) is 29.9 Å². The second-order valence-electron chi connectivity index (χ2n) is 3.89. The van der Waals surface area contributed by atoms with Gasteiger partial charge in [0.15, 0.2) is 0 Å². The maximum Gasteiger partial charge on any atom is 0.00265 e. The van der Waals surface area contributed by atoms with E-state index in [1.54, 1.807) is 11.1 Å². The molecule has 1 aromatic carbocycles. The summed E-state index contributed by atoms with van der Waals surface area (Å²) in [5.74, 6) is 1.57. The van der Waals surface area contributed by atoms with Crippen molar-refractivity contribution in [2.24, 2.45) is 5.92 Å². The lowest BCUT2D eigenvalue weighted by Gasteiger charge is -2.22. The molecule has 1 aromatic rings. The fraction of sp³-hybridized carbons (Fsp3) is 0.333. The lowest BCUT2D eigenvalue weighted by molar-refractivity contribution is 0.555. The predicted octanol–water partition coefficient (Wildman–Crippen LogP) is 2.90. The number of hydrogen-bond acceptors (Lipinski definition) is 0. The minimum atomic E-state index is 0.736. The monoisotopic (exact) mass is 156 g/mol. The Morgan fingerprint density at radius 2 is 2.00 bits per heavy atom. The van der Waals surface area contributed by atoms with E-state index in [1.165, 1.54) is 12.8 Å². The molecule has 2 aliphatic carbocycles. The molecule has 60 valence electrons. The van der Waals surface area contributed by atoms with Crippen molar-refractivity contribution in [3.05, 3.63) is 47.5 Å². The third-order valence-electron chi connectivity index (χ3n) is 3.11. The van der Waals surface area contributed by atoms with Gasteiger partial charge in [0.2, 0.25) is 0 Å². The zero-order valence-corrected chi connectivity index (χ0v) is 7.03. The summed E-state index contributed by atoms with van der Waals surface area (Å²) < 4.78 is 0. The summed E-state index contributed by atoms with van der Waals surface area (Å²) in [5, 5.41) is 0. The van der Waals surface area contributed by atoms with Crippen LogP contribution in [-0.4, -0.2) is 0 Å². The summed E-state index contributed by atoms with van der Waals surface area (Å²) in [6, 6.07) is 8.88. The van der Waals surface area contributed by atoms with E-state index in [2.05, 4.69) is 36.4 Å². The third kappa shape index (κ3) is 0.781. The van der Waals surface area contributed by atoms with Gasteiger partial charge in [-0.3, -0.25) is 0 Å². The third-order valence-corrected chi connectivity index (χ3v) is 3.11. The number of allylic oxidation sites excluding steroid dienone is 2. The maximum absolute atomic E-state index is 2.39. The first kappa shape index (κ1) is 6.47. The minimum absolute atomic E-state index is 0.736. The highest BCUT2D eigenvalue weighted by Gasteiger charge is 2.27. The van der Waals surface area contributed by atoms with Crippen LogP contribution in [0.25, 0.3) is 0 Å². The van der Waals surface area contributed by atoms with Gasteiger partial charge in [0.25, 0.3) is 0 Å². The molecule has 0 aliphatic heterocycles. The topological polar surface area (TPSA) is 0 Å². The summed E-state index contributed by atoms with van der Waals surface area (Å²) in [7, 11) is 0. The Morgan fingerprint density at radius 3 is 3.00 bits per heavy atom. The molecule has 0 heteroatoms. The molecular weight excluding hydrogens is 144 g/mol. The van der Waals surface area contributed by atoms with E-state index in [-0.39, 0.29) is 0 Å². The Labute approximate surface area is 72.9 Å². The van der Waals surface area contributed by atoms with Crippen LogP contribution in [0.15, 0.2) is 36.4 Å². The average molecular weight is 156 g/mol. The minimum Gasteiger partial charge on any atom is -0.0844 e. The van der Waals surface area contributed by atoms with Crippen LogP contribution in [-0.2, 0) is 6.42 Å². The van der Waals surface area contributed by atoms with Gasteiger partial charge in [-0.2, -0.15) is 0 Å². The zero-order valence-electron chi connectivity index (χ0n) is 7.03. The van der Waals surface area contributed by atoms with Crippen LogP contribution in [0.4, 0.5) is 0 Å². The lowest BCUT2D eigenvalue weighted by atomic mass is 9.82. The van der Waals surface area contributed by atoms with Crippen LogP contribution in [0.3, 0.4) is 0 Å². The second-order valence-corrected chi connectivity index (χ2v) is 3.89. The fourth-order valence-electron chi connectivity index (χ4n) is 2.52. The van der Waals surface area contributed by atoms with Gasteiger partial charge < -0.3 is 0 Å². The number of fused-ring (bicyclic) bond motifs is 4. The normalized spacial score (nSPS) is 30.3. The van der Waals surface area contributed by atoms with Gasteiger partial charge in [-0.25, -0.2) is 0 Å². The zero-order chi connectivity index (χ0) is 7.97. The number of hydrogen-bond donors (Lipinski definition) is 0. The molecule has 0 nitrogen and oxygen atoms in total. The molecule has 2 bridgehead atoms. The van der Waals surface area contributed by atoms with Gasteiger partial charge in [0, 0.05) is 5.92 Å². The van der Waals surface area contributed by atoms with Crippen molar-refractivity contribution in [2.75, 3.05) is 0 Å². The van der Waals surface area contributed by atoms with E-state index in [0.717, 1.165) is 11.8 Å². The number of rotatable bonds is 0. The predicted molar refractivity (Wildman–Crippen MR) is 50.1 cm³/mol. The van der Waals surface area contributed by atoms with Gasteiger partial charge >= 0.3 is 0 Å². The van der Waals surface area contributed by atoms with E-state index in [0.29, 0.717) is 0 Å². The van der Waals surface area contributed by atoms with E-state index in [1.807, 2.05) is 0 Å². The molecule has 0 aromatic heterocycles. The molecule has 3 rings (SSSR count). The van der Waals surface area contributed by atoms with Gasteiger partial charge in [-0.15, -0.1) is 0 Å². The van der Waals surface area contributed by atoms with E-state index in [4.69, 9.17) is 0 Å². The van der Waals surface area contributed by atoms with Crippen molar-refractivity contribution in [1.29, 1.82) is 0 Å². The van der Waals surface area contributed by atoms with Crippen molar-refractivity contribution in [2.45, 2.75) is 18.8 Å². The first-order chi connectivity index (χ1) is 5.93. The maximum atomic E-state index is 2.39. The fourth-order valence-corrected chi connectivity index (χ4v) is 2.52. The van der Waals surface area contributed by atoms with Gasteiger partial charge in [-0.1, -0.05) is 36.4 Å². The lowest BCUT2D eigenvalue weighted by Crippen LogP contribution is -2.10. The van der Waals surface area contributed by atoms with Crippen molar-refractivity contribution in [3.63, 3.8) is 0 Å². The van der Waals surface area contributed by atoms with Crippen LogP contribution in [0.2, 0.25) is 0 Å². The van der Waals surface area contributed by atoms with Crippen LogP contribution in [0, 0.1) is 5.92 Å². The Hall–Kier alpha value is -1.04. The highest BCUT2D eigenvalue weighted by atomic mass is 14.3. The molecule has 0 heterocycles. The van der Waals surface area contributed by atoms with E-state index >= 15 is 0 Å². The van der Waals surface area contributed by atoms with E-state index < -0.39 is 0 Å². The standard InChI is InChI=1S/C12H12/c1-2-4-12-10(3-1)7-9-5-6-11(12)8-9/h1-6,9,11H,7-8H2. The molecule has 0 fully saturated rings. The summed E-state index contributed by atoms with van der Waals surface area (Å²) >= 11 is 0. The summed E-state index contributed by atoms with van der Waals surface area (Å²) in [5.41, 5.74) is 3.14. The van der Waals surface area contributed by atoms with E-state index in [9.17, 15) is 0 Å². The van der Waals surface area contributed by atoms with Crippen molar-refractivity contribution in [1.82, 2.24) is 0 Å². The van der Waals surface area contributed by atoms with Gasteiger partial charge in [0.1, 0.15) is 0 Å². The van der Waals surface area contributed by atoms with Crippen molar-refractivity contribution >= 4 is 0 Å². The number of benzene rings is 1. The first-order valence-corrected chi connectivity index (χ1v) is 4.69. The summed E-state index contributed by atoms with van der Waals surface area (Å²) in [6.45, 7) is 0. The highest BCUT2D eigenvalue weighted by molar-refractivity contribution is 5.39. The van der Waals surface area contributed by atoms with Crippen LogP contribution in [0.1, 0.15) is 23.5 Å². The molecule has 0 saturated carbocycles. The molecule has 0 N–H and O–H groups in total. The quantitative estimate of drug-likeness (QED) is 0.507. The Morgan fingerprint density at radius 1 is 1.08 bits per heavy atom. The molecule has 12 heavy (non-hydrogen) atoms. The largest absolute Gasteiger partial charge is 0.0844 e. The van der Waals surface area contributed by atoms with Crippen LogP contribution < -0.4 is 0 Å². The highest BCUT2D eigenvalue weighted by Crippen LogP contribution is 2.40. The Kier molecular flexibility index (Phi) is 1.20. The molecule has 0 saturated heterocycles. The Balaban J connectivity index is 2.17. The molecule has 2 atom stereocenters. The van der Waals surface area contributed by atoms with Gasteiger partial charge in [0.05, 0.1) is 0 Å².